The second kappa shape index (κ2) is 6.12. The smallest absolute Gasteiger partial charge is 0.235 e. The Morgan fingerprint density at radius 2 is 2.32 bits per heavy atom. The molecule has 2 aromatic rings. The highest BCUT2D eigenvalue weighted by Gasteiger charge is 2.08. The van der Waals surface area contributed by atoms with E-state index in [4.69, 9.17) is 10.3 Å². The van der Waals surface area contributed by atoms with Gasteiger partial charge in [0.2, 0.25) is 5.91 Å². The fraction of sp³-hybridized carbons (Fsp3) is 0.167. The van der Waals surface area contributed by atoms with Gasteiger partial charge in [-0.1, -0.05) is 21.1 Å². The summed E-state index contributed by atoms with van der Waals surface area (Å²) < 4.78 is 5.79. The fourth-order valence-corrected chi connectivity index (χ4v) is 2.70. The van der Waals surface area contributed by atoms with Crippen molar-refractivity contribution in [3.05, 3.63) is 34.5 Å². The molecule has 0 aliphatic rings. The van der Waals surface area contributed by atoms with Crippen molar-refractivity contribution in [1.29, 1.82) is 0 Å². The van der Waals surface area contributed by atoms with Gasteiger partial charge in [0.15, 0.2) is 5.82 Å². The topological polar surface area (TPSA) is 81.2 Å². The molecule has 0 saturated heterocycles. The zero-order valence-electron chi connectivity index (χ0n) is 10.1. The van der Waals surface area contributed by atoms with E-state index >= 15 is 0 Å². The lowest BCUT2D eigenvalue weighted by Gasteiger charge is -2.05. The average molecular weight is 342 g/mol. The number of anilines is 2. The highest BCUT2D eigenvalue weighted by atomic mass is 79.9. The molecule has 1 aromatic heterocycles. The Morgan fingerprint density at radius 3 is 3.00 bits per heavy atom. The van der Waals surface area contributed by atoms with Gasteiger partial charge in [0.25, 0.3) is 0 Å². The van der Waals surface area contributed by atoms with Crippen molar-refractivity contribution >= 4 is 45.1 Å². The molecule has 1 aromatic carbocycles. The van der Waals surface area contributed by atoms with Gasteiger partial charge in [-0.3, -0.25) is 4.79 Å². The number of halogens is 1. The van der Waals surface area contributed by atoms with Crippen LogP contribution in [0.2, 0.25) is 0 Å². The lowest BCUT2D eigenvalue weighted by molar-refractivity contribution is -0.113. The highest BCUT2D eigenvalue weighted by molar-refractivity contribution is 9.10. The standard InChI is InChI=1S/C12H12BrN3O2S/c1-7-4-11(16-18-7)15-12(17)6-19-10-5-8(13)2-3-9(10)14/h2-5H,6,14H2,1H3,(H,15,16,17). The number of aryl methyl sites for hydroxylation is 1. The molecule has 1 amide bonds. The van der Waals surface area contributed by atoms with E-state index in [1.54, 1.807) is 19.1 Å². The number of benzene rings is 1. The summed E-state index contributed by atoms with van der Waals surface area (Å²) in [4.78, 5) is 12.6. The minimum Gasteiger partial charge on any atom is -0.398 e. The summed E-state index contributed by atoms with van der Waals surface area (Å²) in [5.41, 5.74) is 6.48. The number of amides is 1. The van der Waals surface area contributed by atoms with Crippen molar-refractivity contribution in [2.75, 3.05) is 16.8 Å². The largest absolute Gasteiger partial charge is 0.398 e. The number of carbonyl (C=O) groups excluding carboxylic acids is 1. The number of hydrogen-bond donors (Lipinski definition) is 2. The van der Waals surface area contributed by atoms with Crippen molar-refractivity contribution in [3.63, 3.8) is 0 Å². The van der Waals surface area contributed by atoms with Crippen molar-refractivity contribution < 1.29 is 9.32 Å². The van der Waals surface area contributed by atoms with Gasteiger partial charge in [-0.2, -0.15) is 0 Å². The molecule has 0 radical (unpaired) electrons. The molecule has 7 heteroatoms. The van der Waals surface area contributed by atoms with Gasteiger partial charge in [0.05, 0.1) is 5.75 Å². The third-order valence-corrected chi connectivity index (χ3v) is 3.79. The van der Waals surface area contributed by atoms with Crippen LogP contribution in [0.3, 0.4) is 0 Å². The van der Waals surface area contributed by atoms with Crippen LogP contribution in [0.4, 0.5) is 11.5 Å². The minimum absolute atomic E-state index is 0.155. The third-order valence-electron chi connectivity index (χ3n) is 2.23. The number of thioether (sulfide) groups is 1. The molecule has 19 heavy (non-hydrogen) atoms. The molecule has 0 aliphatic carbocycles. The molecular formula is C12H12BrN3O2S. The summed E-state index contributed by atoms with van der Waals surface area (Å²) in [5.74, 6) is 1.18. The van der Waals surface area contributed by atoms with Crippen LogP contribution in [-0.4, -0.2) is 16.8 Å². The van der Waals surface area contributed by atoms with Gasteiger partial charge in [0.1, 0.15) is 5.76 Å². The summed E-state index contributed by atoms with van der Waals surface area (Å²) >= 11 is 4.74. The van der Waals surface area contributed by atoms with E-state index in [0.29, 0.717) is 17.3 Å². The van der Waals surface area contributed by atoms with Crippen molar-refractivity contribution in [3.8, 4) is 0 Å². The molecule has 0 unspecified atom stereocenters. The second-order valence-corrected chi connectivity index (χ2v) is 5.77. The first-order valence-electron chi connectivity index (χ1n) is 5.45. The molecule has 0 spiro atoms. The Hall–Kier alpha value is -1.47. The SMILES string of the molecule is Cc1cc(NC(=O)CSc2cc(Br)ccc2N)no1. The highest BCUT2D eigenvalue weighted by Crippen LogP contribution is 2.28. The third kappa shape index (κ3) is 4.00. The van der Waals surface area contributed by atoms with Gasteiger partial charge in [0, 0.05) is 21.1 Å². The van der Waals surface area contributed by atoms with Crippen molar-refractivity contribution in [1.82, 2.24) is 5.16 Å². The van der Waals surface area contributed by atoms with E-state index in [9.17, 15) is 4.79 Å². The van der Waals surface area contributed by atoms with Crippen LogP contribution in [0.15, 0.2) is 38.2 Å². The normalized spacial score (nSPS) is 10.4. The molecule has 100 valence electrons. The lowest BCUT2D eigenvalue weighted by atomic mass is 10.3. The van der Waals surface area contributed by atoms with Gasteiger partial charge >= 0.3 is 0 Å². The minimum atomic E-state index is -0.155. The van der Waals surface area contributed by atoms with Crippen LogP contribution in [0.25, 0.3) is 0 Å². The molecule has 1 heterocycles. The Bertz CT molecular complexity index is 600. The zero-order valence-corrected chi connectivity index (χ0v) is 12.5. The van der Waals surface area contributed by atoms with Crippen LogP contribution in [-0.2, 0) is 4.79 Å². The number of nitrogen functional groups attached to an aromatic ring is 1. The van der Waals surface area contributed by atoms with Gasteiger partial charge in [-0.05, 0) is 25.1 Å². The predicted octanol–water partition coefficient (Wildman–Crippen LogP) is 3.06. The van der Waals surface area contributed by atoms with E-state index in [2.05, 4.69) is 26.4 Å². The van der Waals surface area contributed by atoms with Crippen molar-refractivity contribution in [2.45, 2.75) is 11.8 Å². The van der Waals surface area contributed by atoms with E-state index in [-0.39, 0.29) is 11.7 Å². The van der Waals surface area contributed by atoms with E-state index in [1.165, 1.54) is 11.8 Å². The number of rotatable bonds is 4. The summed E-state index contributed by atoms with van der Waals surface area (Å²) in [5, 5.41) is 6.34. The van der Waals surface area contributed by atoms with Crippen LogP contribution in [0.1, 0.15) is 5.76 Å². The maximum atomic E-state index is 11.7. The number of nitrogens with two attached hydrogens (primary N) is 1. The first-order chi connectivity index (χ1) is 9.04. The number of hydrogen-bond acceptors (Lipinski definition) is 5. The molecule has 0 aliphatic heterocycles. The predicted molar refractivity (Wildman–Crippen MR) is 79.1 cm³/mol. The molecule has 3 N–H and O–H groups in total. The summed E-state index contributed by atoms with van der Waals surface area (Å²) in [7, 11) is 0. The summed E-state index contributed by atoms with van der Waals surface area (Å²) in [6, 6.07) is 7.20. The van der Waals surface area contributed by atoms with Crippen LogP contribution < -0.4 is 11.1 Å². The van der Waals surface area contributed by atoms with Crippen LogP contribution in [0, 0.1) is 6.92 Å². The monoisotopic (exact) mass is 341 g/mol. The van der Waals surface area contributed by atoms with Gasteiger partial charge < -0.3 is 15.6 Å². The van der Waals surface area contributed by atoms with Crippen molar-refractivity contribution in [2.24, 2.45) is 0 Å². The second-order valence-electron chi connectivity index (χ2n) is 3.84. The molecule has 0 bridgehead atoms. The number of carbonyl (C=O) groups is 1. The zero-order chi connectivity index (χ0) is 13.8. The maximum Gasteiger partial charge on any atom is 0.235 e. The molecule has 0 saturated carbocycles. The van der Waals surface area contributed by atoms with Crippen LogP contribution >= 0.6 is 27.7 Å². The molecular weight excluding hydrogens is 330 g/mol. The lowest BCUT2D eigenvalue weighted by Crippen LogP contribution is -2.14. The van der Waals surface area contributed by atoms with Crippen LogP contribution in [0.5, 0.6) is 0 Å². The van der Waals surface area contributed by atoms with E-state index in [0.717, 1.165) is 9.37 Å². The first kappa shape index (κ1) is 14.0. The summed E-state index contributed by atoms with van der Waals surface area (Å²) in [6.07, 6.45) is 0. The molecule has 0 fully saturated rings. The molecule has 2 rings (SSSR count). The van der Waals surface area contributed by atoms with E-state index < -0.39 is 0 Å². The number of aromatic nitrogens is 1. The maximum absolute atomic E-state index is 11.7. The summed E-state index contributed by atoms with van der Waals surface area (Å²) in [6.45, 7) is 1.76. The fourth-order valence-electron chi connectivity index (χ4n) is 1.38. The van der Waals surface area contributed by atoms with Gasteiger partial charge in [-0.25, -0.2) is 0 Å². The Balaban J connectivity index is 1.91. The molecule has 5 nitrogen and oxygen atoms in total. The first-order valence-corrected chi connectivity index (χ1v) is 7.23. The Kier molecular flexibility index (Phi) is 4.49. The number of nitrogens with one attached hydrogen (secondary N) is 1. The van der Waals surface area contributed by atoms with Gasteiger partial charge in [-0.15, -0.1) is 11.8 Å². The average Bonchev–Trinajstić information content (AvgIpc) is 2.76. The number of nitrogens with zero attached hydrogens (tertiary/aromatic N) is 1. The Labute approximate surface area is 123 Å². The van der Waals surface area contributed by atoms with E-state index in [1.807, 2.05) is 12.1 Å². The quantitative estimate of drug-likeness (QED) is 0.659. The molecule has 0 atom stereocenters. The Morgan fingerprint density at radius 1 is 1.53 bits per heavy atom.